The standard InChI is InChI=1S/C24H28N10O2/c1-24(2,3)21-26-11-17(18(32-21)13-9-28-29-10-13)31-23(36)30-16-7-14(16)15-6-12-8-27-22(25-4)33-19(12)34(5)20(15)35/h6,8-11,14,16H,7H2,1-5H3,(H,28,29)(H,25,27,33)(H2,30,31,36). The molecule has 4 aromatic rings. The number of H-pyrrole nitrogens is 1. The first-order chi connectivity index (χ1) is 17.2. The van der Waals surface area contributed by atoms with E-state index < -0.39 is 0 Å². The van der Waals surface area contributed by atoms with Crippen LogP contribution in [0.15, 0.2) is 35.6 Å². The van der Waals surface area contributed by atoms with Gasteiger partial charge < -0.3 is 16.0 Å². The third kappa shape index (κ3) is 4.37. The van der Waals surface area contributed by atoms with E-state index in [0.29, 0.717) is 40.8 Å². The maximum absolute atomic E-state index is 13.0. The predicted octanol–water partition coefficient (Wildman–Crippen LogP) is 2.53. The van der Waals surface area contributed by atoms with Crippen molar-refractivity contribution in [3.05, 3.63) is 52.6 Å². The number of nitrogens with one attached hydrogen (secondary N) is 4. The normalized spacial score (nSPS) is 17.1. The van der Waals surface area contributed by atoms with Crippen molar-refractivity contribution in [2.45, 2.75) is 44.6 Å². The van der Waals surface area contributed by atoms with E-state index in [1.807, 2.05) is 26.8 Å². The van der Waals surface area contributed by atoms with Crippen molar-refractivity contribution >= 4 is 28.7 Å². The van der Waals surface area contributed by atoms with Gasteiger partial charge in [-0.05, 0) is 12.5 Å². The van der Waals surface area contributed by atoms with Crippen LogP contribution in [0.4, 0.5) is 16.4 Å². The number of aryl methyl sites for hydroxylation is 1. The Bertz CT molecular complexity index is 1500. The molecule has 36 heavy (non-hydrogen) atoms. The number of urea groups is 1. The number of aromatic amines is 1. The number of hydrogen-bond acceptors (Lipinski definition) is 8. The van der Waals surface area contributed by atoms with Gasteiger partial charge in [0.05, 0.1) is 18.1 Å². The topological polar surface area (TPSA) is 155 Å². The molecule has 1 saturated carbocycles. The second kappa shape index (κ2) is 8.70. The molecule has 4 aromatic heterocycles. The molecule has 0 radical (unpaired) electrons. The number of pyridine rings is 1. The van der Waals surface area contributed by atoms with Crippen molar-refractivity contribution in [2.24, 2.45) is 7.05 Å². The molecule has 0 bridgehead atoms. The van der Waals surface area contributed by atoms with E-state index in [1.165, 1.54) is 4.57 Å². The minimum Gasteiger partial charge on any atom is -0.357 e. The SMILES string of the molecule is CNc1ncc2cc(C3CC3NC(=O)Nc3cnc(C(C)(C)C)nc3-c3cn[nH]c3)c(=O)n(C)c2n1. The highest BCUT2D eigenvalue weighted by atomic mass is 16.2. The molecule has 0 aliphatic heterocycles. The molecule has 2 amide bonds. The van der Waals surface area contributed by atoms with Crippen molar-refractivity contribution in [1.29, 1.82) is 0 Å². The number of aromatic nitrogens is 7. The summed E-state index contributed by atoms with van der Waals surface area (Å²) in [5.74, 6) is 1.02. The van der Waals surface area contributed by atoms with Crippen LogP contribution in [0.25, 0.3) is 22.3 Å². The number of carbonyl (C=O) groups is 1. The Morgan fingerprint density at radius 2 is 1.97 bits per heavy atom. The Morgan fingerprint density at radius 3 is 2.67 bits per heavy atom. The maximum Gasteiger partial charge on any atom is 0.319 e. The minimum absolute atomic E-state index is 0.0873. The van der Waals surface area contributed by atoms with Crippen LogP contribution in [-0.4, -0.2) is 53.8 Å². The first kappa shape index (κ1) is 23.4. The van der Waals surface area contributed by atoms with Crippen molar-refractivity contribution in [3.63, 3.8) is 0 Å². The lowest BCUT2D eigenvalue weighted by Gasteiger charge is -2.18. The highest BCUT2D eigenvalue weighted by molar-refractivity contribution is 5.93. The van der Waals surface area contributed by atoms with Gasteiger partial charge in [0, 0.05) is 60.4 Å². The van der Waals surface area contributed by atoms with Gasteiger partial charge in [0.2, 0.25) is 5.95 Å². The second-order valence-electron chi connectivity index (χ2n) is 9.93. The number of rotatable bonds is 5. The van der Waals surface area contributed by atoms with Gasteiger partial charge >= 0.3 is 6.03 Å². The first-order valence-electron chi connectivity index (χ1n) is 11.6. The van der Waals surface area contributed by atoms with Crippen molar-refractivity contribution in [1.82, 2.24) is 40.0 Å². The molecule has 4 heterocycles. The number of nitrogens with zero attached hydrogens (tertiary/aromatic N) is 6. The first-order valence-corrected chi connectivity index (χ1v) is 11.6. The van der Waals surface area contributed by atoms with E-state index in [4.69, 9.17) is 0 Å². The van der Waals surface area contributed by atoms with Crippen LogP contribution < -0.4 is 21.5 Å². The molecular weight excluding hydrogens is 460 g/mol. The van der Waals surface area contributed by atoms with E-state index in [9.17, 15) is 9.59 Å². The smallest absolute Gasteiger partial charge is 0.319 e. The Balaban J connectivity index is 1.34. The molecular formula is C24H28N10O2. The zero-order chi connectivity index (χ0) is 25.6. The van der Waals surface area contributed by atoms with Gasteiger partial charge in [0.25, 0.3) is 5.56 Å². The van der Waals surface area contributed by atoms with Gasteiger partial charge in [0.1, 0.15) is 17.2 Å². The monoisotopic (exact) mass is 488 g/mol. The second-order valence-corrected chi connectivity index (χ2v) is 9.93. The summed E-state index contributed by atoms with van der Waals surface area (Å²) in [7, 11) is 3.42. The van der Waals surface area contributed by atoms with E-state index in [0.717, 1.165) is 10.9 Å². The summed E-state index contributed by atoms with van der Waals surface area (Å²) < 4.78 is 1.52. The van der Waals surface area contributed by atoms with Gasteiger partial charge in [-0.2, -0.15) is 10.1 Å². The Kier molecular flexibility index (Phi) is 5.65. The van der Waals surface area contributed by atoms with E-state index in [1.54, 1.807) is 38.9 Å². The molecule has 12 nitrogen and oxygen atoms in total. The molecule has 1 aliphatic rings. The molecule has 2 unspecified atom stereocenters. The number of anilines is 2. The fraction of sp³-hybridized carbons (Fsp3) is 0.375. The molecule has 186 valence electrons. The average molecular weight is 489 g/mol. The van der Waals surface area contributed by atoms with Crippen molar-refractivity contribution in [3.8, 4) is 11.3 Å². The Labute approximate surface area is 207 Å². The van der Waals surface area contributed by atoms with Crippen LogP contribution in [0.1, 0.15) is 44.5 Å². The van der Waals surface area contributed by atoms with Crippen LogP contribution in [0, 0.1) is 0 Å². The highest BCUT2D eigenvalue weighted by Gasteiger charge is 2.41. The highest BCUT2D eigenvalue weighted by Crippen LogP contribution is 2.40. The summed E-state index contributed by atoms with van der Waals surface area (Å²) >= 11 is 0. The fourth-order valence-electron chi connectivity index (χ4n) is 4.12. The van der Waals surface area contributed by atoms with Crippen LogP contribution in [0.5, 0.6) is 0 Å². The Morgan fingerprint density at radius 1 is 1.17 bits per heavy atom. The lowest BCUT2D eigenvalue weighted by atomic mass is 9.95. The summed E-state index contributed by atoms with van der Waals surface area (Å²) in [5.41, 5.74) is 2.59. The van der Waals surface area contributed by atoms with Gasteiger partial charge in [0.15, 0.2) is 0 Å². The van der Waals surface area contributed by atoms with Crippen LogP contribution in [-0.2, 0) is 12.5 Å². The van der Waals surface area contributed by atoms with Crippen molar-refractivity contribution < 1.29 is 4.79 Å². The third-order valence-electron chi connectivity index (χ3n) is 6.19. The van der Waals surface area contributed by atoms with E-state index in [-0.39, 0.29) is 29.0 Å². The van der Waals surface area contributed by atoms with E-state index in [2.05, 4.69) is 46.1 Å². The number of carbonyl (C=O) groups excluding carboxylic acids is 1. The summed E-state index contributed by atoms with van der Waals surface area (Å²) in [6.07, 6.45) is 7.32. The van der Waals surface area contributed by atoms with Crippen molar-refractivity contribution in [2.75, 3.05) is 17.7 Å². The fourth-order valence-corrected chi connectivity index (χ4v) is 4.12. The lowest BCUT2D eigenvalue weighted by Crippen LogP contribution is -2.32. The molecule has 12 heteroatoms. The molecule has 1 aliphatic carbocycles. The van der Waals surface area contributed by atoms with Crippen LogP contribution >= 0.6 is 0 Å². The number of amides is 2. The van der Waals surface area contributed by atoms with Gasteiger partial charge in [-0.3, -0.25) is 14.5 Å². The van der Waals surface area contributed by atoms with Gasteiger partial charge in [-0.1, -0.05) is 20.8 Å². The molecule has 0 aromatic carbocycles. The quantitative estimate of drug-likeness (QED) is 0.334. The molecule has 1 fully saturated rings. The lowest BCUT2D eigenvalue weighted by molar-refractivity contribution is 0.251. The molecule has 0 spiro atoms. The summed E-state index contributed by atoms with van der Waals surface area (Å²) in [4.78, 5) is 43.6. The summed E-state index contributed by atoms with van der Waals surface area (Å²) in [6, 6.07) is 1.26. The summed E-state index contributed by atoms with van der Waals surface area (Å²) in [5, 5.41) is 16.3. The largest absolute Gasteiger partial charge is 0.357 e. The molecule has 2 atom stereocenters. The third-order valence-corrected chi connectivity index (χ3v) is 6.19. The molecule has 4 N–H and O–H groups in total. The summed E-state index contributed by atoms with van der Waals surface area (Å²) in [6.45, 7) is 6.08. The average Bonchev–Trinajstić information content (AvgIpc) is 3.36. The number of fused-ring (bicyclic) bond motifs is 1. The van der Waals surface area contributed by atoms with Crippen LogP contribution in [0.3, 0.4) is 0 Å². The van der Waals surface area contributed by atoms with Gasteiger partial charge in [-0.25, -0.2) is 19.7 Å². The number of hydrogen-bond donors (Lipinski definition) is 4. The van der Waals surface area contributed by atoms with E-state index >= 15 is 0 Å². The maximum atomic E-state index is 13.0. The zero-order valence-electron chi connectivity index (χ0n) is 20.7. The molecule has 5 rings (SSSR count). The van der Waals surface area contributed by atoms with Gasteiger partial charge in [-0.15, -0.1) is 0 Å². The van der Waals surface area contributed by atoms with Crippen LogP contribution in [0.2, 0.25) is 0 Å². The zero-order valence-corrected chi connectivity index (χ0v) is 20.7. The minimum atomic E-state index is -0.390. The Hall–Kier alpha value is -4.35. The predicted molar refractivity (Wildman–Crippen MR) is 136 cm³/mol. The molecule has 0 saturated heterocycles.